The molecule has 0 unspecified atom stereocenters. The van der Waals surface area contributed by atoms with Gasteiger partial charge in [0, 0.05) is 37.2 Å². The molecule has 118 valence electrons. The molecule has 4 heterocycles. The Morgan fingerprint density at radius 1 is 1.26 bits per heavy atom. The first-order chi connectivity index (χ1) is 11.2. The first kappa shape index (κ1) is 14.0. The molecule has 23 heavy (non-hydrogen) atoms. The van der Waals surface area contributed by atoms with E-state index in [2.05, 4.69) is 24.8 Å². The molecule has 7 nitrogen and oxygen atoms in total. The molecule has 1 aliphatic rings. The number of fused-ring (bicyclic) bond motifs is 1. The van der Waals surface area contributed by atoms with Gasteiger partial charge < -0.3 is 20.7 Å². The van der Waals surface area contributed by atoms with Crippen LogP contribution in [-0.2, 0) is 0 Å². The van der Waals surface area contributed by atoms with Gasteiger partial charge in [0.2, 0.25) is 5.95 Å². The lowest BCUT2D eigenvalue weighted by atomic mass is 10.0. The average molecular weight is 310 g/mol. The highest BCUT2D eigenvalue weighted by Gasteiger charge is 2.22. The SMILES string of the molecule is Nc1nccc(-c2c[nH]c3nccc(N4CCC[C@H](O)C4)c23)n1. The summed E-state index contributed by atoms with van der Waals surface area (Å²) in [6, 6.07) is 3.82. The van der Waals surface area contributed by atoms with Crippen LogP contribution in [-0.4, -0.2) is 44.2 Å². The van der Waals surface area contributed by atoms with Gasteiger partial charge >= 0.3 is 0 Å². The Hall–Kier alpha value is -2.67. The molecule has 0 bridgehead atoms. The summed E-state index contributed by atoms with van der Waals surface area (Å²) in [4.78, 5) is 18.1. The molecule has 3 aromatic heterocycles. The third-order valence-electron chi connectivity index (χ3n) is 4.24. The summed E-state index contributed by atoms with van der Waals surface area (Å²) < 4.78 is 0. The number of hydrogen-bond donors (Lipinski definition) is 3. The number of β-amino-alcohol motifs (C(OH)–C–C–N with tert-alkyl or cyclic N) is 1. The molecule has 1 aliphatic heterocycles. The quantitative estimate of drug-likeness (QED) is 0.663. The van der Waals surface area contributed by atoms with Crippen molar-refractivity contribution < 1.29 is 5.11 Å². The number of aromatic nitrogens is 4. The molecular formula is C16H18N6O. The summed E-state index contributed by atoms with van der Waals surface area (Å²) in [5.41, 5.74) is 9.28. The van der Waals surface area contributed by atoms with E-state index < -0.39 is 0 Å². The second-order valence-electron chi connectivity index (χ2n) is 5.80. The third-order valence-corrected chi connectivity index (χ3v) is 4.24. The van der Waals surface area contributed by atoms with E-state index in [-0.39, 0.29) is 12.1 Å². The molecule has 0 aliphatic carbocycles. The number of rotatable bonds is 2. The number of aromatic amines is 1. The van der Waals surface area contributed by atoms with Crippen molar-refractivity contribution in [1.29, 1.82) is 0 Å². The Balaban J connectivity index is 1.87. The van der Waals surface area contributed by atoms with E-state index in [4.69, 9.17) is 5.73 Å². The Kier molecular flexibility index (Phi) is 3.34. The van der Waals surface area contributed by atoms with Crippen LogP contribution in [0.5, 0.6) is 0 Å². The summed E-state index contributed by atoms with van der Waals surface area (Å²) >= 11 is 0. The second-order valence-corrected chi connectivity index (χ2v) is 5.80. The third kappa shape index (κ3) is 2.49. The van der Waals surface area contributed by atoms with Crippen LogP contribution in [0.3, 0.4) is 0 Å². The van der Waals surface area contributed by atoms with Crippen molar-refractivity contribution in [2.24, 2.45) is 0 Å². The molecule has 4 rings (SSSR count). The molecule has 1 fully saturated rings. The van der Waals surface area contributed by atoms with E-state index in [1.54, 1.807) is 12.4 Å². The minimum atomic E-state index is -0.288. The first-order valence-corrected chi connectivity index (χ1v) is 7.70. The predicted octanol–water partition coefficient (Wildman–Crippen LogP) is 1.56. The van der Waals surface area contributed by atoms with Crippen LogP contribution < -0.4 is 10.6 Å². The Morgan fingerprint density at radius 3 is 2.96 bits per heavy atom. The maximum atomic E-state index is 9.98. The number of hydrogen-bond acceptors (Lipinski definition) is 6. The van der Waals surface area contributed by atoms with E-state index in [1.165, 1.54) is 0 Å². The Labute approximate surface area is 133 Å². The molecule has 0 saturated carbocycles. The molecular weight excluding hydrogens is 292 g/mol. The molecule has 1 atom stereocenters. The number of anilines is 2. The van der Waals surface area contributed by atoms with E-state index in [0.717, 1.165) is 47.4 Å². The summed E-state index contributed by atoms with van der Waals surface area (Å²) in [5, 5.41) is 11.0. The molecule has 0 spiro atoms. The van der Waals surface area contributed by atoms with Gasteiger partial charge in [0.1, 0.15) is 5.65 Å². The Bertz CT molecular complexity index is 845. The predicted molar refractivity (Wildman–Crippen MR) is 89.0 cm³/mol. The van der Waals surface area contributed by atoms with E-state index in [0.29, 0.717) is 6.54 Å². The van der Waals surface area contributed by atoms with Gasteiger partial charge in [-0.1, -0.05) is 0 Å². The lowest BCUT2D eigenvalue weighted by molar-refractivity contribution is 0.154. The summed E-state index contributed by atoms with van der Waals surface area (Å²) in [7, 11) is 0. The standard InChI is InChI=1S/C16H18N6O/c17-16-19-5-3-12(21-16)11-8-20-15-14(11)13(4-6-18-15)22-7-1-2-10(23)9-22/h3-6,8,10,23H,1-2,7,9H2,(H,18,20)(H2,17,19,21)/t10-/m0/s1. The zero-order valence-electron chi connectivity index (χ0n) is 12.6. The van der Waals surface area contributed by atoms with Gasteiger partial charge in [-0.05, 0) is 25.0 Å². The average Bonchev–Trinajstić information content (AvgIpc) is 2.99. The molecule has 0 amide bonds. The molecule has 3 aromatic rings. The highest BCUT2D eigenvalue weighted by atomic mass is 16.3. The van der Waals surface area contributed by atoms with Gasteiger partial charge in [0.25, 0.3) is 0 Å². The topological polar surface area (TPSA) is 104 Å². The minimum Gasteiger partial charge on any atom is -0.391 e. The lowest BCUT2D eigenvalue weighted by Gasteiger charge is -2.32. The zero-order valence-corrected chi connectivity index (χ0v) is 12.6. The van der Waals surface area contributed by atoms with Crippen LogP contribution in [0, 0.1) is 0 Å². The zero-order chi connectivity index (χ0) is 15.8. The van der Waals surface area contributed by atoms with E-state index in [9.17, 15) is 5.11 Å². The molecule has 1 saturated heterocycles. The number of aliphatic hydroxyl groups is 1. The van der Waals surface area contributed by atoms with Gasteiger partial charge in [0.05, 0.1) is 22.9 Å². The van der Waals surface area contributed by atoms with Crippen molar-refractivity contribution in [2.75, 3.05) is 23.7 Å². The number of aliphatic hydroxyl groups excluding tert-OH is 1. The number of nitrogens with zero attached hydrogens (tertiary/aromatic N) is 4. The van der Waals surface area contributed by atoms with Gasteiger partial charge in [-0.15, -0.1) is 0 Å². The van der Waals surface area contributed by atoms with Crippen molar-refractivity contribution in [3.63, 3.8) is 0 Å². The van der Waals surface area contributed by atoms with Gasteiger partial charge in [0.15, 0.2) is 0 Å². The number of H-pyrrole nitrogens is 1. The largest absolute Gasteiger partial charge is 0.391 e. The van der Waals surface area contributed by atoms with Gasteiger partial charge in [-0.3, -0.25) is 0 Å². The smallest absolute Gasteiger partial charge is 0.220 e. The van der Waals surface area contributed by atoms with Gasteiger partial charge in [-0.2, -0.15) is 0 Å². The Morgan fingerprint density at radius 2 is 2.13 bits per heavy atom. The van der Waals surface area contributed by atoms with E-state index >= 15 is 0 Å². The number of pyridine rings is 1. The fourth-order valence-corrected chi connectivity index (χ4v) is 3.20. The van der Waals surface area contributed by atoms with Crippen LogP contribution >= 0.6 is 0 Å². The van der Waals surface area contributed by atoms with Crippen molar-refractivity contribution in [1.82, 2.24) is 19.9 Å². The van der Waals surface area contributed by atoms with Crippen molar-refractivity contribution in [3.8, 4) is 11.3 Å². The number of piperidine rings is 1. The number of nitrogens with one attached hydrogen (secondary N) is 1. The molecule has 0 radical (unpaired) electrons. The number of nitrogen functional groups attached to an aromatic ring is 1. The maximum absolute atomic E-state index is 9.98. The first-order valence-electron chi connectivity index (χ1n) is 7.70. The fourth-order valence-electron chi connectivity index (χ4n) is 3.20. The summed E-state index contributed by atoms with van der Waals surface area (Å²) in [6.07, 6.45) is 6.87. The lowest BCUT2D eigenvalue weighted by Crippen LogP contribution is -2.38. The van der Waals surface area contributed by atoms with Crippen LogP contribution in [0.4, 0.5) is 11.6 Å². The normalized spacial score (nSPS) is 18.5. The molecule has 7 heteroatoms. The van der Waals surface area contributed by atoms with Crippen LogP contribution in [0.1, 0.15) is 12.8 Å². The fraction of sp³-hybridized carbons (Fsp3) is 0.312. The minimum absolute atomic E-state index is 0.246. The summed E-state index contributed by atoms with van der Waals surface area (Å²) in [6.45, 7) is 1.56. The van der Waals surface area contributed by atoms with Crippen LogP contribution in [0.2, 0.25) is 0 Å². The molecule has 4 N–H and O–H groups in total. The second kappa shape index (κ2) is 5.51. The van der Waals surface area contributed by atoms with Crippen LogP contribution in [0.15, 0.2) is 30.7 Å². The monoisotopic (exact) mass is 310 g/mol. The number of nitrogens with two attached hydrogens (primary N) is 1. The van der Waals surface area contributed by atoms with Crippen molar-refractivity contribution in [2.45, 2.75) is 18.9 Å². The van der Waals surface area contributed by atoms with Crippen molar-refractivity contribution >= 4 is 22.7 Å². The molecule has 0 aromatic carbocycles. The summed E-state index contributed by atoms with van der Waals surface area (Å²) in [5.74, 6) is 0.246. The van der Waals surface area contributed by atoms with Crippen LogP contribution in [0.25, 0.3) is 22.3 Å². The van der Waals surface area contributed by atoms with E-state index in [1.807, 2.05) is 18.3 Å². The maximum Gasteiger partial charge on any atom is 0.220 e. The van der Waals surface area contributed by atoms with Crippen molar-refractivity contribution in [3.05, 3.63) is 30.7 Å². The highest BCUT2D eigenvalue weighted by Crippen LogP contribution is 2.35. The van der Waals surface area contributed by atoms with Gasteiger partial charge in [-0.25, -0.2) is 15.0 Å². The highest BCUT2D eigenvalue weighted by molar-refractivity contribution is 6.02.